The number of nitrogens with zero attached hydrogens (tertiary/aromatic N) is 3. The summed E-state index contributed by atoms with van der Waals surface area (Å²) in [5.74, 6) is 3.43. The van der Waals surface area contributed by atoms with Gasteiger partial charge in [-0.05, 0) is 35.8 Å². The highest BCUT2D eigenvalue weighted by atomic mass is 32.2. The summed E-state index contributed by atoms with van der Waals surface area (Å²) < 4.78 is 0.730. The molecule has 4 rings (SSSR count). The number of H-pyrrole nitrogens is 1. The van der Waals surface area contributed by atoms with E-state index in [9.17, 15) is 4.79 Å². The number of aromatic amines is 1. The van der Waals surface area contributed by atoms with Crippen molar-refractivity contribution < 1.29 is 0 Å². The molecule has 0 aromatic carbocycles. The van der Waals surface area contributed by atoms with Gasteiger partial charge in [0.1, 0.15) is 10.5 Å². The van der Waals surface area contributed by atoms with Gasteiger partial charge in [-0.3, -0.25) is 14.6 Å². The predicted molar refractivity (Wildman–Crippen MR) is 97.4 cm³/mol. The Morgan fingerprint density at radius 3 is 2.78 bits per heavy atom. The van der Waals surface area contributed by atoms with Gasteiger partial charge in [0.05, 0.1) is 12.1 Å². The van der Waals surface area contributed by atoms with Crippen LogP contribution in [0.5, 0.6) is 0 Å². The lowest BCUT2D eigenvalue weighted by Crippen LogP contribution is -2.50. The van der Waals surface area contributed by atoms with E-state index in [0.29, 0.717) is 0 Å². The summed E-state index contributed by atoms with van der Waals surface area (Å²) in [6, 6.07) is 2.72. The van der Waals surface area contributed by atoms with E-state index in [0.717, 1.165) is 54.8 Å². The Bertz CT molecular complexity index is 714. The Balaban J connectivity index is 1.37. The molecule has 2 fully saturated rings. The van der Waals surface area contributed by atoms with Gasteiger partial charge < -0.3 is 4.98 Å². The molecule has 0 radical (unpaired) electrons. The van der Waals surface area contributed by atoms with Crippen LogP contribution in [0.3, 0.4) is 0 Å². The molecule has 0 bridgehead atoms. The van der Waals surface area contributed by atoms with E-state index in [-0.39, 0.29) is 5.56 Å². The molecule has 0 amide bonds. The maximum Gasteiger partial charge on any atom is 0.268 e. The second-order valence-electron chi connectivity index (χ2n) is 6.30. The van der Waals surface area contributed by atoms with Crippen LogP contribution in [0.15, 0.2) is 16.2 Å². The van der Waals surface area contributed by atoms with E-state index in [1.165, 1.54) is 35.7 Å². The molecule has 0 unspecified atom stereocenters. The highest BCUT2D eigenvalue weighted by molar-refractivity contribution is 7.99. The van der Waals surface area contributed by atoms with Crippen LogP contribution >= 0.6 is 23.1 Å². The quantitative estimate of drug-likeness (QED) is 0.918. The molecule has 23 heavy (non-hydrogen) atoms. The normalized spacial score (nSPS) is 21.9. The highest BCUT2D eigenvalue weighted by Crippen LogP contribution is 2.23. The van der Waals surface area contributed by atoms with Gasteiger partial charge in [0.15, 0.2) is 0 Å². The molecule has 1 N–H and O–H groups in total. The molecule has 124 valence electrons. The number of hydrogen-bond donors (Lipinski definition) is 1. The van der Waals surface area contributed by atoms with Crippen molar-refractivity contribution in [1.82, 2.24) is 19.8 Å². The fraction of sp³-hybridized carbons (Fsp3) is 0.625. The maximum absolute atomic E-state index is 12.0. The van der Waals surface area contributed by atoms with E-state index in [1.54, 1.807) is 0 Å². The molecule has 2 aromatic rings. The van der Waals surface area contributed by atoms with Gasteiger partial charge in [-0.25, -0.2) is 4.98 Å². The first-order chi connectivity index (χ1) is 11.3. The van der Waals surface area contributed by atoms with Crippen molar-refractivity contribution in [3.63, 3.8) is 0 Å². The minimum atomic E-state index is -0.00154. The number of thioether (sulfide) groups is 1. The molecule has 0 atom stereocenters. The Labute approximate surface area is 144 Å². The zero-order valence-corrected chi connectivity index (χ0v) is 14.8. The number of piperazine rings is 1. The van der Waals surface area contributed by atoms with Gasteiger partial charge in [0.2, 0.25) is 0 Å². The Kier molecular flexibility index (Phi) is 4.71. The van der Waals surface area contributed by atoms with Gasteiger partial charge in [0.25, 0.3) is 5.56 Å². The van der Waals surface area contributed by atoms with Crippen LogP contribution in [-0.2, 0) is 6.54 Å². The molecule has 2 aliphatic heterocycles. The lowest BCUT2D eigenvalue weighted by molar-refractivity contribution is 0.0865. The van der Waals surface area contributed by atoms with Crippen LogP contribution in [-0.4, -0.2) is 63.5 Å². The Morgan fingerprint density at radius 1 is 1.22 bits per heavy atom. The molecule has 5 nitrogen and oxygen atoms in total. The second kappa shape index (κ2) is 6.93. The minimum absolute atomic E-state index is 0.00154. The smallest absolute Gasteiger partial charge is 0.268 e. The van der Waals surface area contributed by atoms with E-state index >= 15 is 0 Å². The van der Waals surface area contributed by atoms with Crippen LogP contribution in [0, 0.1) is 0 Å². The van der Waals surface area contributed by atoms with Crippen molar-refractivity contribution in [1.29, 1.82) is 0 Å². The molecular weight excluding hydrogens is 328 g/mol. The summed E-state index contributed by atoms with van der Waals surface area (Å²) in [5, 5.41) is 1.93. The van der Waals surface area contributed by atoms with Gasteiger partial charge >= 0.3 is 0 Å². The summed E-state index contributed by atoms with van der Waals surface area (Å²) in [5.41, 5.74) is 0.824. The third-order valence-corrected chi connectivity index (χ3v) is 6.80. The van der Waals surface area contributed by atoms with Crippen LogP contribution in [0.4, 0.5) is 0 Å². The number of thiophene rings is 1. The van der Waals surface area contributed by atoms with E-state index in [1.807, 2.05) is 11.4 Å². The number of rotatable bonds is 3. The molecule has 4 heterocycles. The third-order valence-electron chi connectivity index (χ3n) is 4.85. The molecule has 7 heteroatoms. The van der Waals surface area contributed by atoms with Crippen molar-refractivity contribution in [2.45, 2.75) is 25.4 Å². The molecule has 2 saturated heterocycles. The maximum atomic E-state index is 12.0. The van der Waals surface area contributed by atoms with E-state index in [4.69, 9.17) is 0 Å². The van der Waals surface area contributed by atoms with Crippen LogP contribution in [0.25, 0.3) is 10.2 Å². The van der Waals surface area contributed by atoms with Crippen molar-refractivity contribution >= 4 is 33.3 Å². The van der Waals surface area contributed by atoms with Crippen molar-refractivity contribution in [2.24, 2.45) is 0 Å². The number of nitrogens with one attached hydrogen (secondary N) is 1. The summed E-state index contributed by atoms with van der Waals surface area (Å²) >= 11 is 3.55. The second-order valence-corrected chi connectivity index (χ2v) is 8.44. The van der Waals surface area contributed by atoms with Crippen molar-refractivity contribution in [3.8, 4) is 0 Å². The first-order valence-electron chi connectivity index (χ1n) is 8.30. The molecular formula is C16H22N4OS2. The molecule has 0 spiro atoms. The van der Waals surface area contributed by atoms with Crippen molar-refractivity contribution in [3.05, 3.63) is 27.6 Å². The molecule has 0 aliphatic carbocycles. The SMILES string of the molecule is O=c1[nH]c(CN2CCN(C3CCSCC3)CC2)nc2ccsc12. The number of aromatic nitrogens is 2. The fourth-order valence-corrected chi connectivity index (χ4v) is 5.35. The van der Waals surface area contributed by atoms with Gasteiger partial charge in [0, 0.05) is 32.2 Å². The number of fused-ring (bicyclic) bond motifs is 1. The summed E-state index contributed by atoms with van der Waals surface area (Å²) in [6.07, 6.45) is 2.68. The van der Waals surface area contributed by atoms with Crippen LogP contribution < -0.4 is 5.56 Å². The highest BCUT2D eigenvalue weighted by Gasteiger charge is 2.25. The summed E-state index contributed by atoms with van der Waals surface area (Å²) in [4.78, 5) is 24.7. The van der Waals surface area contributed by atoms with Gasteiger partial charge in [-0.15, -0.1) is 11.3 Å². The Hall–Kier alpha value is -0.890. The monoisotopic (exact) mass is 350 g/mol. The van der Waals surface area contributed by atoms with Crippen molar-refractivity contribution in [2.75, 3.05) is 37.7 Å². The molecule has 2 aliphatic rings. The Morgan fingerprint density at radius 2 is 2.00 bits per heavy atom. The van der Waals surface area contributed by atoms with Crippen LogP contribution in [0.2, 0.25) is 0 Å². The first-order valence-corrected chi connectivity index (χ1v) is 10.3. The summed E-state index contributed by atoms with van der Waals surface area (Å²) in [7, 11) is 0. The third kappa shape index (κ3) is 3.47. The van der Waals surface area contributed by atoms with E-state index in [2.05, 4.69) is 31.5 Å². The first kappa shape index (κ1) is 15.6. The average molecular weight is 351 g/mol. The minimum Gasteiger partial charge on any atom is -0.308 e. The molecule has 2 aromatic heterocycles. The zero-order valence-electron chi connectivity index (χ0n) is 13.2. The molecule has 0 saturated carbocycles. The largest absolute Gasteiger partial charge is 0.308 e. The topological polar surface area (TPSA) is 52.2 Å². The van der Waals surface area contributed by atoms with Gasteiger partial charge in [-0.1, -0.05) is 0 Å². The fourth-order valence-electron chi connectivity index (χ4n) is 3.55. The number of hydrogen-bond acceptors (Lipinski definition) is 6. The standard InChI is InChI=1S/C16H22N4OS2/c21-16-15-13(3-10-23-15)17-14(18-16)11-19-4-6-20(7-5-19)12-1-8-22-9-2-12/h3,10,12H,1-2,4-9,11H2,(H,17,18,21). The zero-order chi connectivity index (χ0) is 15.6. The lowest BCUT2D eigenvalue weighted by Gasteiger charge is -2.40. The predicted octanol–water partition coefficient (Wildman–Crippen LogP) is 2.00. The average Bonchev–Trinajstić information content (AvgIpc) is 3.05. The lowest BCUT2D eigenvalue weighted by atomic mass is 10.1. The summed E-state index contributed by atoms with van der Waals surface area (Å²) in [6.45, 7) is 5.15. The van der Waals surface area contributed by atoms with E-state index < -0.39 is 0 Å². The van der Waals surface area contributed by atoms with Crippen LogP contribution in [0.1, 0.15) is 18.7 Å². The van der Waals surface area contributed by atoms with Gasteiger partial charge in [-0.2, -0.15) is 11.8 Å².